The monoisotopic (exact) mass is 367 g/mol. The van der Waals surface area contributed by atoms with Crippen molar-refractivity contribution < 1.29 is 22.6 Å². The van der Waals surface area contributed by atoms with Crippen LogP contribution in [0.1, 0.15) is 18.5 Å². The Balaban J connectivity index is 1.60. The lowest BCUT2D eigenvalue weighted by Crippen LogP contribution is -2.43. The van der Waals surface area contributed by atoms with Gasteiger partial charge in [-0.2, -0.15) is 13.2 Å². The molecule has 25 heavy (non-hydrogen) atoms. The van der Waals surface area contributed by atoms with Crippen molar-refractivity contribution in [2.75, 3.05) is 5.32 Å². The van der Waals surface area contributed by atoms with Gasteiger partial charge in [0.1, 0.15) is 17.0 Å². The number of benzene rings is 1. The van der Waals surface area contributed by atoms with Gasteiger partial charge in [0.25, 0.3) is 0 Å². The van der Waals surface area contributed by atoms with Gasteiger partial charge < -0.3 is 14.8 Å². The topological polar surface area (TPSA) is 56.3 Å². The highest BCUT2D eigenvalue weighted by Crippen LogP contribution is 2.41. The van der Waals surface area contributed by atoms with E-state index < -0.39 is 12.5 Å². The average Bonchev–Trinajstić information content (AvgIpc) is 3.05. The highest BCUT2D eigenvalue weighted by Gasteiger charge is 2.49. The molecule has 5 nitrogen and oxygen atoms in total. The molecule has 1 aliphatic heterocycles. The van der Waals surface area contributed by atoms with Crippen LogP contribution in [0, 0.1) is 0 Å². The zero-order chi connectivity index (χ0) is 17.6. The van der Waals surface area contributed by atoms with Gasteiger partial charge >= 0.3 is 12.5 Å². The second-order valence-corrected chi connectivity index (χ2v) is 6.43. The molecule has 2 atom stereocenters. The van der Waals surface area contributed by atoms with Crippen molar-refractivity contribution in [1.82, 2.24) is 9.97 Å². The minimum Gasteiger partial charge on any atom is -0.447 e. The molecule has 130 valence electrons. The molecule has 2 unspecified atom stereocenters. The second kappa shape index (κ2) is 5.76. The van der Waals surface area contributed by atoms with E-state index in [4.69, 9.17) is 0 Å². The van der Waals surface area contributed by atoms with Crippen LogP contribution < -0.4 is 14.8 Å². The first-order valence-corrected chi connectivity index (χ1v) is 8.28. The van der Waals surface area contributed by atoms with Crippen LogP contribution in [0.15, 0.2) is 36.0 Å². The molecule has 3 aromatic rings. The number of anilines is 1. The Bertz CT molecular complexity index is 934. The smallest absolute Gasteiger partial charge is 0.447 e. The molecular formula is C16H12F3N3O2S. The third-order valence-corrected chi connectivity index (χ3v) is 4.64. The first-order valence-electron chi connectivity index (χ1n) is 7.40. The zero-order valence-electron chi connectivity index (χ0n) is 12.9. The number of aromatic nitrogens is 2. The molecule has 0 aliphatic carbocycles. The lowest BCUT2D eigenvalue weighted by molar-refractivity contribution is -0.281. The normalized spacial score (nSPS) is 19.6. The maximum Gasteiger partial charge on any atom is 0.468 e. The number of thiophene rings is 1. The molecular weight excluding hydrogens is 355 g/mol. The van der Waals surface area contributed by atoms with E-state index >= 15 is 0 Å². The summed E-state index contributed by atoms with van der Waals surface area (Å²) in [7, 11) is 0. The highest BCUT2D eigenvalue weighted by molar-refractivity contribution is 7.16. The van der Waals surface area contributed by atoms with E-state index in [0.29, 0.717) is 11.4 Å². The maximum atomic E-state index is 13.3. The number of rotatable bonds is 3. The zero-order valence-corrected chi connectivity index (χ0v) is 13.7. The fraction of sp³-hybridized carbons (Fsp3) is 0.250. The van der Waals surface area contributed by atoms with Crippen LogP contribution in [-0.2, 0) is 0 Å². The van der Waals surface area contributed by atoms with Crippen LogP contribution in [0.4, 0.5) is 19.0 Å². The number of alkyl halides is 3. The van der Waals surface area contributed by atoms with Crippen molar-refractivity contribution in [3.05, 3.63) is 41.5 Å². The summed E-state index contributed by atoms with van der Waals surface area (Å²) in [5.74, 6) is 0.397. The minimum absolute atomic E-state index is 0.0621. The van der Waals surface area contributed by atoms with Gasteiger partial charge in [0, 0.05) is 0 Å². The fourth-order valence-electron chi connectivity index (χ4n) is 2.54. The van der Waals surface area contributed by atoms with E-state index in [9.17, 15) is 13.2 Å². The first-order chi connectivity index (χ1) is 11.9. The number of hydrogen-bond acceptors (Lipinski definition) is 6. The Hall–Kier alpha value is -2.55. The molecule has 1 aliphatic rings. The van der Waals surface area contributed by atoms with Crippen molar-refractivity contribution in [2.24, 2.45) is 0 Å². The standard InChI is InChI=1S/C16H12F3N3O2S/c1-8(22-13-10-4-5-25-14(10)21-7-20-13)9-2-3-11-12(6-9)23-15(17)16(18,19)24-11/h2-8,15H,1H3,(H,20,21,22). The molecule has 3 heterocycles. The number of fused-ring (bicyclic) bond motifs is 2. The van der Waals surface area contributed by atoms with E-state index in [1.165, 1.54) is 29.8 Å². The number of hydrogen-bond donors (Lipinski definition) is 1. The van der Waals surface area contributed by atoms with Crippen molar-refractivity contribution >= 4 is 27.4 Å². The molecule has 0 saturated heterocycles. The number of nitrogens with zero attached hydrogens (tertiary/aromatic N) is 2. The van der Waals surface area contributed by atoms with E-state index in [1.54, 1.807) is 6.07 Å². The van der Waals surface area contributed by atoms with Crippen molar-refractivity contribution in [3.63, 3.8) is 0 Å². The average molecular weight is 367 g/mol. The molecule has 0 fully saturated rings. The Morgan fingerprint density at radius 2 is 2.08 bits per heavy atom. The summed E-state index contributed by atoms with van der Waals surface area (Å²) in [5, 5.41) is 6.05. The Labute approximate surface area is 144 Å². The summed E-state index contributed by atoms with van der Waals surface area (Å²) in [5.41, 5.74) is 0.710. The van der Waals surface area contributed by atoms with Crippen LogP contribution in [-0.4, -0.2) is 22.4 Å². The van der Waals surface area contributed by atoms with Crippen molar-refractivity contribution in [2.45, 2.75) is 25.4 Å². The summed E-state index contributed by atoms with van der Waals surface area (Å²) in [4.78, 5) is 9.27. The fourth-order valence-corrected chi connectivity index (χ4v) is 3.27. The van der Waals surface area contributed by atoms with Gasteiger partial charge in [-0.3, -0.25) is 0 Å². The summed E-state index contributed by atoms with van der Waals surface area (Å²) >= 11 is 1.50. The summed E-state index contributed by atoms with van der Waals surface area (Å²) in [6.45, 7) is 1.87. The van der Waals surface area contributed by atoms with Gasteiger partial charge in [0.2, 0.25) is 0 Å². The van der Waals surface area contributed by atoms with E-state index in [2.05, 4.69) is 24.8 Å². The summed E-state index contributed by atoms with van der Waals surface area (Å²) in [6.07, 6.45) is -5.37. The van der Waals surface area contributed by atoms with Crippen molar-refractivity contribution in [3.8, 4) is 11.5 Å². The SMILES string of the molecule is CC(Nc1ncnc2sccc12)c1ccc2c(c1)OC(F)C(F)(F)O2. The molecule has 4 rings (SSSR count). The van der Waals surface area contributed by atoms with E-state index in [-0.39, 0.29) is 17.5 Å². The van der Waals surface area contributed by atoms with Gasteiger partial charge in [0.15, 0.2) is 11.5 Å². The number of halogens is 3. The summed E-state index contributed by atoms with van der Waals surface area (Å²) in [6, 6.07) is 6.10. The molecule has 1 aromatic carbocycles. The predicted octanol–water partition coefficient (Wildman–Crippen LogP) is 4.52. The molecule has 0 radical (unpaired) electrons. The molecule has 0 bridgehead atoms. The lowest BCUT2D eigenvalue weighted by Gasteiger charge is -2.29. The summed E-state index contributed by atoms with van der Waals surface area (Å²) < 4.78 is 48.7. The third-order valence-electron chi connectivity index (χ3n) is 3.82. The molecule has 0 saturated carbocycles. The number of ether oxygens (including phenoxy) is 2. The van der Waals surface area contributed by atoms with Crippen LogP contribution in [0.5, 0.6) is 11.5 Å². The lowest BCUT2D eigenvalue weighted by atomic mass is 10.1. The molecule has 9 heteroatoms. The van der Waals surface area contributed by atoms with Crippen LogP contribution >= 0.6 is 11.3 Å². The predicted molar refractivity (Wildman–Crippen MR) is 87.0 cm³/mol. The second-order valence-electron chi connectivity index (χ2n) is 5.53. The Morgan fingerprint density at radius 1 is 1.24 bits per heavy atom. The van der Waals surface area contributed by atoms with Gasteiger partial charge in [-0.1, -0.05) is 6.07 Å². The largest absolute Gasteiger partial charge is 0.468 e. The van der Waals surface area contributed by atoms with Crippen molar-refractivity contribution in [1.29, 1.82) is 0 Å². The number of nitrogens with one attached hydrogen (secondary N) is 1. The van der Waals surface area contributed by atoms with Crippen LogP contribution in [0.3, 0.4) is 0 Å². The van der Waals surface area contributed by atoms with Gasteiger partial charge in [0.05, 0.1) is 11.4 Å². The molecule has 0 spiro atoms. The molecule has 0 amide bonds. The molecule has 1 N–H and O–H groups in total. The van der Waals surface area contributed by atoms with Crippen LogP contribution in [0.2, 0.25) is 0 Å². The van der Waals surface area contributed by atoms with Gasteiger partial charge in [-0.25, -0.2) is 9.97 Å². The van der Waals surface area contributed by atoms with Crippen LogP contribution in [0.25, 0.3) is 10.2 Å². The minimum atomic E-state index is -4.00. The van der Waals surface area contributed by atoms with E-state index in [1.807, 2.05) is 18.4 Å². The highest BCUT2D eigenvalue weighted by atomic mass is 32.1. The first kappa shape index (κ1) is 15.9. The van der Waals surface area contributed by atoms with E-state index in [0.717, 1.165) is 10.2 Å². The van der Waals surface area contributed by atoms with Gasteiger partial charge in [-0.05, 0) is 36.1 Å². The Morgan fingerprint density at radius 3 is 2.92 bits per heavy atom. The van der Waals surface area contributed by atoms with Gasteiger partial charge in [-0.15, -0.1) is 11.3 Å². The maximum absolute atomic E-state index is 13.3. The molecule has 2 aromatic heterocycles. The quantitative estimate of drug-likeness (QED) is 0.737. The third kappa shape index (κ3) is 2.84. The Kier molecular flexibility index (Phi) is 3.68.